The second-order valence-electron chi connectivity index (χ2n) is 5.83. The Kier molecular flexibility index (Phi) is 6.13. The molecule has 1 saturated carbocycles. The van der Waals surface area contributed by atoms with Gasteiger partial charge in [0.1, 0.15) is 0 Å². The van der Waals surface area contributed by atoms with Crippen LogP contribution in [0.25, 0.3) is 0 Å². The Labute approximate surface area is 143 Å². The monoisotopic (exact) mass is 331 g/mol. The van der Waals surface area contributed by atoms with E-state index in [-0.39, 0.29) is 24.4 Å². The van der Waals surface area contributed by atoms with Gasteiger partial charge in [0, 0.05) is 37.4 Å². The molecule has 1 aliphatic rings. The number of benzene rings is 1. The number of halogens is 1. The van der Waals surface area contributed by atoms with E-state index in [0.29, 0.717) is 19.0 Å². The Balaban J connectivity index is 0.00000192. The van der Waals surface area contributed by atoms with Gasteiger partial charge in [0.15, 0.2) is 0 Å². The van der Waals surface area contributed by atoms with Gasteiger partial charge in [-0.3, -0.25) is 9.78 Å². The summed E-state index contributed by atoms with van der Waals surface area (Å²) in [6.07, 6.45) is 6.07. The van der Waals surface area contributed by atoms with Gasteiger partial charge in [-0.25, -0.2) is 0 Å². The Morgan fingerprint density at radius 2 is 1.83 bits per heavy atom. The topological polar surface area (TPSA) is 59.2 Å². The van der Waals surface area contributed by atoms with E-state index >= 15 is 0 Å². The van der Waals surface area contributed by atoms with Crippen molar-refractivity contribution in [2.24, 2.45) is 5.73 Å². The summed E-state index contributed by atoms with van der Waals surface area (Å²) in [7, 11) is 0. The molecule has 0 radical (unpaired) electrons. The van der Waals surface area contributed by atoms with Gasteiger partial charge in [-0.15, -0.1) is 12.4 Å². The molecule has 122 valence electrons. The van der Waals surface area contributed by atoms with Crippen LogP contribution in [0.3, 0.4) is 0 Å². The molecule has 0 bridgehead atoms. The predicted molar refractivity (Wildman–Crippen MR) is 93.0 cm³/mol. The Morgan fingerprint density at radius 1 is 1.17 bits per heavy atom. The third-order valence-corrected chi connectivity index (χ3v) is 4.03. The second kappa shape index (κ2) is 8.09. The number of aromatic nitrogens is 1. The molecule has 1 aromatic carbocycles. The first-order valence-electron chi connectivity index (χ1n) is 7.73. The van der Waals surface area contributed by atoms with Gasteiger partial charge < -0.3 is 10.6 Å². The molecule has 1 aromatic heterocycles. The zero-order valence-electron chi connectivity index (χ0n) is 13.0. The van der Waals surface area contributed by atoms with Crippen molar-refractivity contribution >= 4 is 18.3 Å². The number of nitrogens with zero attached hydrogens (tertiary/aromatic N) is 2. The minimum absolute atomic E-state index is 0. The van der Waals surface area contributed by atoms with Crippen molar-refractivity contribution in [3.8, 4) is 0 Å². The summed E-state index contributed by atoms with van der Waals surface area (Å²) in [6.45, 7) is 0.646. The second-order valence-corrected chi connectivity index (χ2v) is 5.83. The number of carbonyl (C=O) groups is 1. The molecule has 2 aromatic rings. The smallest absolute Gasteiger partial charge is 0.225 e. The van der Waals surface area contributed by atoms with E-state index in [1.165, 1.54) is 0 Å². The molecular weight excluding hydrogens is 310 g/mol. The summed E-state index contributed by atoms with van der Waals surface area (Å²) in [5.74, 6) is 0.135. The van der Waals surface area contributed by atoms with E-state index in [4.69, 9.17) is 5.73 Å². The standard InChI is InChI=1S/C18H21N3O.ClH/c19-17(15-4-2-1-3-5-15)12-18(22)21(16-6-7-16)13-14-8-10-20-11-9-14;/h1-5,8-11,16-17H,6-7,12-13,19H2;1H. The third-order valence-electron chi connectivity index (χ3n) is 4.03. The fraction of sp³-hybridized carbons (Fsp3) is 0.333. The van der Waals surface area contributed by atoms with Gasteiger partial charge >= 0.3 is 0 Å². The Hall–Kier alpha value is -1.91. The number of hydrogen-bond donors (Lipinski definition) is 1. The quantitative estimate of drug-likeness (QED) is 0.885. The summed E-state index contributed by atoms with van der Waals surface area (Å²) >= 11 is 0. The van der Waals surface area contributed by atoms with Crippen LogP contribution in [0.4, 0.5) is 0 Å². The van der Waals surface area contributed by atoms with E-state index in [0.717, 1.165) is 24.0 Å². The number of carbonyl (C=O) groups excluding carboxylic acids is 1. The van der Waals surface area contributed by atoms with Gasteiger partial charge in [-0.05, 0) is 36.1 Å². The van der Waals surface area contributed by atoms with Gasteiger partial charge in [0.2, 0.25) is 5.91 Å². The molecule has 1 heterocycles. The van der Waals surface area contributed by atoms with E-state index in [9.17, 15) is 4.79 Å². The number of rotatable bonds is 6. The van der Waals surface area contributed by atoms with E-state index in [2.05, 4.69) is 4.98 Å². The van der Waals surface area contributed by atoms with E-state index in [1.54, 1.807) is 12.4 Å². The van der Waals surface area contributed by atoms with Crippen LogP contribution in [0.5, 0.6) is 0 Å². The van der Waals surface area contributed by atoms with Crippen molar-refractivity contribution < 1.29 is 4.79 Å². The maximum atomic E-state index is 12.6. The van der Waals surface area contributed by atoms with Crippen LogP contribution < -0.4 is 5.73 Å². The highest BCUT2D eigenvalue weighted by Gasteiger charge is 2.33. The summed E-state index contributed by atoms with van der Waals surface area (Å²) in [5.41, 5.74) is 8.31. The van der Waals surface area contributed by atoms with Crippen LogP contribution in [0.15, 0.2) is 54.9 Å². The lowest BCUT2D eigenvalue weighted by Gasteiger charge is -2.24. The predicted octanol–water partition coefficient (Wildman–Crippen LogP) is 3.08. The Bertz CT molecular complexity index is 617. The fourth-order valence-corrected chi connectivity index (χ4v) is 2.62. The number of amides is 1. The molecule has 0 spiro atoms. The average molecular weight is 332 g/mol. The number of hydrogen-bond acceptors (Lipinski definition) is 3. The maximum absolute atomic E-state index is 12.6. The molecule has 2 N–H and O–H groups in total. The van der Waals surface area contributed by atoms with Crippen LogP contribution >= 0.6 is 12.4 Å². The lowest BCUT2D eigenvalue weighted by molar-refractivity contribution is -0.132. The number of nitrogens with two attached hydrogens (primary N) is 1. The molecule has 1 amide bonds. The molecule has 0 aliphatic heterocycles. The first kappa shape index (κ1) is 17.4. The largest absolute Gasteiger partial charge is 0.335 e. The van der Waals surface area contributed by atoms with Crippen LogP contribution in [-0.2, 0) is 11.3 Å². The molecule has 3 rings (SSSR count). The lowest BCUT2D eigenvalue weighted by Crippen LogP contribution is -2.34. The molecular formula is C18H22ClN3O. The highest BCUT2D eigenvalue weighted by atomic mass is 35.5. The van der Waals surface area contributed by atoms with Crippen molar-refractivity contribution in [1.29, 1.82) is 0 Å². The highest BCUT2D eigenvalue weighted by molar-refractivity contribution is 5.85. The van der Waals surface area contributed by atoms with Crippen molar-refractivity contribution in [3.05, 3.63) is 66.0 Å². The summed E-state index contributed by atoms with van der Waals surface area (Å²) in [4.78, 5) is 18.6. The van der Waals surface area contributed by atoms with Crippen LogP contribution in [0, 0.1) is 0 Å². The summed E-state index contributed by atoms with van der Waals surface area (Å²) < 4.78 is 0. The molecule has 4 nitrogen and oxygen atoms in total. The molecule has 23 heavy (non-hydrogen) atoms. The fourth-order valence-electron chi connectivity index (χ4n) is 2.62. The minimum Gasteiger partial charge on any atom is -0.335 e. The van der Waals surface area contributed by atoms with Crippen LogP contribution in [0.1, 0.15) is 36.4 Å². The zero-order valence-corrected chi connectivity index (χ0v) is 13.8. The van der Waals surface area contributed by atoms with E-state index in [1.807, 2.05) is 47.4 Å². The summed E-state index contributed by atoms with van der Waals surface area (Å²) in [6, 6.07) is 13.9. The third kappa shape index (κ3) is 4.78. The van der Waals surface area contributed by atoms with Crippen molar-refractivity contribution in [2.45, 2.75) is 37.9 Å². The lowest BCUT2D eigenvalue weighted by atomic mass is 10.0. The minimum atomic E-state index is -0.243. The van der Waals surface area contributed by atoms with Gasteiger partial charge in [-0.2, -0.15) is 0 Å². The first-order valence-corrected chi connectivity index (χ1v) is 7.73. The molecule has 1 aliphatic carbocycles. The summed E-state index contributed by atoms with van der Waals surface area (Å²) in [5, 5.41) is 0. The van der Waals surface area contributed by atoms with Crippen LogP contribution in [0.2, 0.25) is 0 Å². The highest BCUT2D eigenvalue weighted by Crippen LogP contribution is 2.30. The van der Waals surface area contributed by atoms with Gasteiger partial charge in [-0.1, -0.05) is 30.3 Å². The molecule has 5 heteroatoms. The zero-order chi connectivity index (χ0) is 15.4. The molecule has 1 unspecified atom stereocenters. The van der Waals surface area contributed by atoms with Crippen molar-refractivity contribution in [2.75, 3.05) is 0 Å². The maximum Gasteiger partial charge on any atom is 0.225 e. The van der Waals surface area contributed by atoms with Gasteiger partial charge in [0.25, 0.3) is 0 Å². The Morgan fingerprint density at radius 3 is 2.43 bits per heavy atom. The first-order chi connectivity index (χ1) is 10.7. The van der Waals surface area contributed by atoms with E-state index < -0.39 is 0 Å². The van der Waals surface area contributed by atoms with Crippen LogP contribution in [-0.4, -0.2) is 21.8 Å². The van der Waals surface area contributed by atoms with Crippen molar-refractivity contribution in [3.63, 3.8) is 0 Å². The number of pyridine rings is 1. The SMILES string of the molecule is Cl.NC(CC(=O)N(Cc1ccncc1)C1CC1)c1ccccc1. The molecule has 0 saturated heterocycles. The molecule has 1 atom stereocenters. The molecule has 1 fully saturated rings. The van der Waals surface area contributed by atoms with Gasteiger partial charge in [0.05, 0.1) is 0 Å². The van der Waals surface area contributed by atoms with Crippen molar-refractivity contribution in [1.82, 2.24) is 9.88 Å². The normalized spacial score (nSPS) is 14.7. The average Bonchev–Trinajstić information content (AvgIpc) is 3.39.